The van der Waals surface area contributed by atoms with Crippen molar-refractivity contribution in [3.05, 3.63) is 39.4 Å². The van der Waals surface area contributed by atoms with Crippen LogP contribution in [0.15, 0.2) is 18.2 Å². The van der Waals surface area contributed by atoms with Crippen LogP contribution in [-0.4, -0.2) is 30.9 Å². The summed E-state index contributed by atoms with van der Waals surface area (Å²) in [6, 6.07) is 4.19. The average molecular weight is 295 g/mol. The summed E-state index contributed by atoms with van der Waals surface area (Å²) in [6.07, 6.45) is 2.49. The molecular formula is C14H17NO6. The van der Waals surface area contributed by atoms with Gasteiger partial charge in [-0.1, -0.05) is 0 Å². The Labute approximate surface area is 122 Å². The van der Waals surface area contributed by atoms with E-state index in [1.165, 1.54) is 25.3 Å². The fraction of sp³-hybridized carbons (Fsp3) is 0.500. The standard InChI is InChI=1S/C14H17NO6/c1-19-14(16)10-5-6-11(12(8-10)15(17)18)9-21-13-4-2-3-7-20-13/h5-6,8,13H,2-4,7,9H2,1H3. The predicted octanol–water partition coefficient (Wildman–Crippen LogP) is 2.42. The summed E-state index contributed by atoms with van der Waals surface area (Å²) in [5.41, 5.74) is 0.386. The van der Waals surface area contributed by atoms with Crippen LogP contribution in [0.1, 0.15) is 35.2 Å². The number of methoxy groups -OCH3 is 1. The third-order valence-electron chi connectivity index (χ3n) is 3.27. The van der Waals surface area contributed by atoms with Crippen LogP contribution in [0.2, 0.25) is 0 Å². The molecule has 1 fully saturated rings. The van der Waals surface area contributed by atoms with Crippen LogP contribution in [0.4, 0.5) is 5.69 Å². The van der Waals surface area contributed by atoms with E-state index in [0.29, 0.717) is 12.2 Å². The molecule has 0 saturated carbocycles. The number of benzene rings is 1. The smallest absolute Gasteiger partial charge is 0.338 e. The van der Waals surface area contributed by atoms with Crippen LogP contribution in [0.25, 0.3) is 0 Å². The van der Waals surface area contributed by atoms with Crippen molar-refractivity contribution in [2.75, 3.05) is 13.7 Å². The van der Waals surface area contributed by atoms with Gasteiger partial charge in [-0.05, 0) is 31.4 Å². The normalized spacial score (nSPS) is 18.2. The Bertz CT molecular complexity index is 524. The molecule has 0 aliphatic carbocycles. The van der Waals surface area contributed by atoms with E-state index in [4.69, 9.17) is 9.47 Å². The molecule has 21 heavy (non-hydrogen) atoms. The Morgan fingerprint density at radius 1 is 1.48 bits per heavy atom. The average Bonchev–Trinajstić information content (AvgIpc) is 2.52. The van der Waals surface area contributed by atoms with Gasteiger partial charge in [0.1, 0.15) is 0 Å². The minimum Gasteiger partial charge on any atom is -0.465 e. The molecule has 1 aromatic rings. The molecule has 0 spiro atoms. The number of esters is 1. The van der Waals surface area contributed by atoms with Crippen LogP contribution in [0.5, 0.6) is 0 Å². The number of carbonyl (C=O) groups excluding carboxylic acids is 1. The number of hydrogen-bond acceptors (Lipinski definition) is 6. The lowest BCUT2D eigenvalue weighted by Crippen LogP contribution is -2.22. The van der Waals surface area contributed by atoms with Gasteiger partial charge in [-0.3, -0.25) is 10.1 Å². The molecule has 114 valence electrons. The summed E-state index contributed by atoms with van der Waals surface area (Å²) in [7, 11) is 1.23. The van der Waals surface area contributed by atoms with Gasteiger partial charge < -0.3 is 14.2 Å². The molecule has 0 amide bonds. The first-order valence-electron chi connectivity index (χ1n) is 6.70. The highest BCUT2D eigenvalue weighted by atomic mass is 16.7. The molecule has 0 N–H and O–H groups in total. The van der Waals surface area contributed by atoms with Crippen molar-refractivity contribution in [1.29, 1.82) is 0 Å². The van der Waals surface area contributed by atoms with E-state index in [1.807, 2.05) is 0 Å². The third-order valence-corrected chi connectivity index (χ3v) is 3.27. The number of hydrogen-bond donors (Lipinski definition) is 0. The second kappa shape index (κ2) is 7.14. The number of nitrogens with zero attached hydrogens (tertiary/aromatic N) is 1. The van der Waals surface area contributed by atoms with E-state index in [-0.39, 0.29) is 24.1 Å². The van der Waals surface area contributed by atoms with E-state index < -0.39 is 10.9 Å². The van der Waals surface area contributed by atoms with Crippen molar-refractivity contribution in [2.45, 2.75) is 32.2 Å². The minimum absolute atomic E-state index is 0.0719. The van der Waals surface area contributed by atoms with E-state index in [2.05, 4.69) is 4.74 Å². The quantitative estimate of drug-likeness (QED) is 0.471. The Morgan fingerprint density at radius 2 is 2.29 bits per heavy atom. The van der Waals surface area contributed by atoms with Crippen molar-refractivity contribution < 1.29 is 23.9 Å². The fourth-order valence-electron chi connectivity index (χ4n) is 2.13. The van der Waals surface area contributed by atoms with Crippen molar-refractivity contribution in [3.63, 3.8) is 0 Å². The summed E-state index contributed by atoms with van der Waals surface area (Å²) >= 11 is 0. The van der Waals surface area contributed by atoms with Gasteiger partial charge >= 0.3 is 5.97 Å². The lowest BCUT2D eigenvalue weighted by Gasteiger charge is -2.22. The number of nitro groups is 1. The molecule has 7 nitrogen and oxygen atoms in total. The zero-order chi connectivity index (χ0) is 15.2. The van der Waals surface area contributed by atoms with Gasteiger partial charge in [0, 0.05) is 12.7 Å². The topological polar surface area (TPSA) is 87.9 Å². The summed E-state index contributed by atoms with van der Waals surface area (Å²) in [5, 5.41) is 11.1. The Balaban J connectivity index is 2.10. The molecule has 1 unspecified atom stereocenters. The van der Waals surface area contributed by atoms with Gasteiger partial charge in [0.05, 0.1) is 29.8 Å². The van der Waals surface area contributed by atoms with Crippen molar-refractivity contribution in [3.8, 4) is 0 Å². The second-order valence-electron chi connectivity index (χ2n) is 4.70. The number of nitro benzene ring substituents is 1. The zero-order valence-corrected chi connectivity index (χ0v) is 11.7. The Morgan fingerprint density at radius 3 is 2.90 bits per heavy atom. The van der Waals surface area contributed by atoms with E-state index in [1.54, 1.807) is 0 Å². The van der Waals surface area contributed by atoms with Gasteiger partial charge in [0.15, 0.2) is 6.29 Å². The van der Waals surface area contributed by atoms with Gasteiger partial charge in [0.25, 0.3) is 5.69 Å². The summed E-state index contributed by atoms with van der Waals surface area (Å²) < 4.78 is 15.5. The monoisotopic (exact) mass is 295 g/mol. The van der Waals surface area contributed by atoms with Gasteiger partial charge in [-0.25, -0.2) is 4.79 Å². The highest BCUT2D eigenvalue weighted by Gasteiger charge is 2.20. The van der Waals surface area contributed by atoms with E-state index in [0.717, 1.165) is 19.3 Å². The minimum atomic E-state index is -0.610. The van der Waals surface area contributed by atoms with Crippen molar-refractivity contribution in [1.82, 2.24) is 0 Å². The van der Waals surface area contributed by atoms with Crippen LogP contribution < -0.4 is 0 Å². The number of carbonyl (C=O) groups is 1. The summed E-state index contributed by atoms with van der Waals surface area (Å²) in [4.78, 5) is 22.0. The molecule has 1 aromatic carbocycles. The summed E-state index contributed by atoms with van der Waals surface area (Å²) in [6.45, 7) is 0.719. The lowest BCUT2D eigenvalue weighted by atomic mass is 10.1. The highest BCUT2D eigenvalue weighted by Crippen LogP contribution is 2.23. The van der Waals surface area contributed by atoms with Gasteiger partial charge in [-0.2, -0.15) is 0 Å². The fourth-order valence-corrected chi connectivity index (χ4v) is 2.13. The van der Waals surface area contributed by atoms with Gasteiger partial charge in [-0.15, -0.1) is 0 Å². The highest BCUT2D eigenvalue weighted by molar-refractivity contribution is 5.90. The Hall–Kier alpha value is -1.99. The molecule has 1 aliphatic heterocycles. The maximum atomic E-state index is 11.4. The molecule has 1 aliphatic rings. The first-order valence-corrected chi connectivity index (χ1v) is 6.70. The maximum Gasteiger partial charge on any atom is 0.338 e. The molecule has 0 radical (unpaired) electrons. The van der Waals surface area contributed by atoms with Crippen LogP contribution >= 0.6 is 0 Å². The SMILES string of the molecule is COC(=O)c1ccc(COC2CCCCO2)c([N+](=O)[O-])c1. The summed E-state index contributed by atoms with van der Waals surface area (Å²) in [5.74, 6) is -0.610. The van der Waals surface area contributed by atoms with Crippen LogP contribution in [-0.2, 0) is 20.8 Å². The number of ether oxygens (including phenoxy) is 3. The Kier molecular flexibility index (Phi) is 5.24. The largest absolute Gasteiger partial charge is 0.465 e. The van der Waals surface area contributed by atoms with E-state index >= 15 is 0 Å². The lowest BCUT2D eigenvalue weighted by molar-refractivity contribution is -0.386. The first kappa shape index (κ1) is 15.4. The van der Waals surface area contributed by atoms with Crippen LogP contribution in [0, 0.1) is 10.1 Å². The zero-order valence-electron chi connectivity index (χ0n) is 11.7. The first-order chi connectivity index (χ1) is 10.1. The van der Waals surface area contributed by atoms with Crippen molar-refractivity contribution >= 4 is 11.7 Å². The molecule has 0 bridgehead atoms. The number of rotatable bonds is 5. The van der Waals surface area contributed by atoms with Gasteiger partial charge in [0.2, 0.25) is 0 Å². The molecule has 0 aromatic heterocycles. The molecule has 1 heterocycles. The predicted molar refractivity (Wildman–Crippen MR) is 72.8 cm³/mol. The molecule has 1 saturated heterocycles. The van der Waals surface area contributed by atoms with Crippen molar-refractivity contribution in [2.24, 2.45) is 0 Å². The molecule has 7 heteroatoms. The molecule has 1 atom stereocenters. The van der Waals surface area contributed by atoms with E-state index in [9.17, 15) is 14.9 Å². The van der Waals surface area contributed by atoms with Crippen LogP contribution in [0.3, 0.4) is 0 Å². The third kappa shape index (κ3) is 3.99. The second-order valence-corrected chi connectivity index (χ2v) is 4.70. The molecule has 2 rings (SSSR count). The maximum absolute atomic E-state index is 11.4. The molecular weight excluding hydrogens is 278 g/mol.